The molecule has 9 heteroatoms. The van der Waals surface area contributed by atoms with E-state index in [-0.39, 0.29) is 24.0 Å². The first-order chi connectivity index (χ1) is 10.2. The predicted octanol–water partition coefficient (Wildman–Crippen LogP) is 0.866. The Kier molecular flexibility index (Phi) is 9.94. The van der Waals surface area contributed by atoms with Gasteiger partial charge in [0.15, 0.2) is 5.96 Å². The minimum atomic E-state index is -3.23. The molecule has 0 aliphatic carbocycles. The van der Waals surface area contributed by atoms with Crippen molar-refractivity contribution in [3.63, 3.8) is 0 Å². The molecule has 1 aliphatic rings. The van der Waals surface area contributed by atoms with E-state index in [1.54, 1.807) is 7.05 Å². The Morgan fingerprint density at radius 1 is 1.43 bits per heavy atom. The molecule has 0 amide bonds. The van der Waals surface area contributed by atoms with Crippen LogP contribution in [0.3, 0.4) is 0 Å². The largest absolute Gasteiger partial charge is 0.381 e. The smallest absolute Gasteiger partial charge is 0.209 e. The molecule has 1 rings (SSSR count). The Morgan fingerprint density at radius 2 is 2.09 bits per heavy atom. The van der Waals surface area contributed by atoms with E-state index in [4.69, 9.17) is 4.74 Å². The second kappa shape index (κ2) is 10.00. The van der Waals surface area contributed by atoms with Crippen LogP contribution in [0.25, 0.3) is 0 Å². The van der Waals surface area contributed by atoms with E-state index in [2.05, 4.69) is 19.9 Å². The van der Waals surface area contributed by atoms with Gasteiger partial charge >= 0.3 is 0 Å². The van der Waals surface area contributed by atoms with Gasteiger partial charge in [0.25, 0.3) is 0 Å². The third kappa shape index (κ3) is 9.06. The molecule has 1 heterocycles. The number of nitrogens with one attached hydrogen (secondary N) is 2. The standard InChI is InChI=1S/C14H30N4O3S.HI/c1-6-21-10-12-7-8-18(9-12)13(15-4)16-11-14(2,3)17-22(5,19)20;/h12,17H,6-11H2,1-5H3,(H,15,16);1H. The number of ether oxygens (including phenoxy) is 1. The first kappa shape index (κ1) is 22.9. The van der Waals surface area contributed by atoms with Crippen molar-refractivity contribution in [1.29, 1.82) is 0 Å². The molecule has 0 spiro atoms. The Bertz CT molecular complexity index is 482. The van der Waals surface area contributed by atoms with Gasteiger partial charge < -0.3 is 15.0 Å². The van der Waals surface area contributed by atoms with Crippen molar-refractivity contribution in [3.8, 4) is 0 Å². The number of aliphatic imine (C=N–C) groups is 1. The van der Waals surface area contributed by atoms with Crippen LogP contribution in [0.1, 0.15) is 27.2 Å². The van der Waals surface area contributed by atoms with Gasteiger partial charge in [0, 0.05) is 44.7 Å². The summed E-state index contributed by atoms with van der Waals surface area (Å²) >= 11 is 0. The molecule has 2 N–H and O–H groups in total. The van der Waals surface area contributed by atoms with Crippen molar-refractivity contribution in [2.75, 3.05) is 46.2 Å². The summed E-state index contributed by atoms with van der Waals surface area (Å²) < 4.78 is 30.8. The number of nitrogens with zero attached hydrogens (tertiary/aromatic N) is 2. The molecule has 7 nitrogen and oxygen atoms in total. The summed E-state index contributed by atoms with van der Waals surface area (Å²) in [6.45, 7) is 9.55. The lowest BCUT2D eigenvalue weighted by molar-refractivity contribution is 0.114. The normalized spacial score (nSPS) is 19.6. The second-order valence-corrected chi connectivity index (χ2v) is 8.17. The fourth-order valence-electron chi connectivity index (χ4n) is 2.62. The van der Waals surface area contributed by atoms with Crippen LogP contribution >= 0.6 is 24.0 Å². The molecule has 1 fully saturated rings. The molecular weight excluding hydrogens is 431 g/mol. The van der Waals surface area contributed by atoms with Gasteiger partial charge in [-0.05, 0) is 27.2 Å². The van der Waals surface area contributed by atoms with E-state index in [0.717, 1.165) is 38.7 Å². The highest BCUT2D eigenvalue weighted by Crippen LogP contribution is 2.16. The third-order valence-electron chi connectivity index (χ3n) is 3.50. The maximum absolute atomic E-state index is 11.4. The molecular formula is C14H31IN4O3S. The van der Waals surface area contributed by atoms with Crippen molar-refractivity contribution >= 4 is 40.0 Å². The summed E-state index contributed by atoms with van der Waals surface area (Å²) in [6.07, 6.45) is 2.26. The molecule has 0 aromatic heterocycles. The first-order valence-corrected chi connectivity index (χ1v) is 9.58. The lowest BCUT2D eigenvalue weighted by atomic mass is 10.1. The molecule has 1 atom stereocenters. The molecule has 23 heavy (non-hydrogen) atoms. The third-order valence-corrected chi connectivity index (χ3v) is 4.43. The van der Waals surface area contributed by atoms with Crippen LogP contribution in [0.4, 0.5) is 0 Å². The van der Waals surface area contributed by atoms with E-state index in [0.29, 0.717) is 12.5 Å². The number of rotatable bonds is 7. The van der Waals surface area contributed by atoms with Gasteiger partial charge in [-0.15, -0.1) is 24.0 Å². The molecule has 0 aromatic rings. The average molecular weight is 462 g/mol. The van der Waals surface area contributed by atoms with Gasteiger partial charge in [0.2, 0.25) is 10.0 Å². The highest BCUT2D eigenvalue weighted by molar-refractivity contribution is 14.0. The summed E-state index contributed by atoms with van der Waals surface area (Å²) in [4.78, 5) is 6.49. The van der Waals surface area contributed by atoms with Crippen molar-refractivity contribution < 1.29 is 13.2 Å². The highest BCUT2D eigenvalue weighted by Gasteiger charge is 2.27. The zero-order chi connectivity index (χ0) is 16.8. The maximum Gasteiger partial charge on any atom is 0.209 e. The minimum Gasteiger partial charge on any atom is -0.381 e. The minimum absolute atomic E-state index is 0. The van der Waals surface area contributed by atoms with E-state index in [1.165, 1.54) is 6.26 Å². The summed E-state index contributed by atoms with van der Waals surface area (Å²) in [5.41, 5.74) is -0.575. The second-order valence-electron chi connectivity index (χ2n) is 6.42. The maximum atomic E-state index is 11.4. The fourth-order valence-corrected chi connectivity index (χ4v) is 3.69. The molecule has 1 saturated heterocycles. The lowest BCUT2D eigenvalue weighted by Gasteiger charge is -2.29. The molecule has 1 aliphatic heterocycles. The van der Waals surface area contributed by atoms with Gasteiger partial charge in [-0.2, -0.15) is 0 Å². The molecule has 138 valence electrons. The van der Waals surface area contributed by atoms with Gasteiger partial charge in [-0.25, -0.2) is 13.1 Å². The number of hydrogen-bond donors (Lipinski definition) is 2. The van der Waals surface area contributed by atoms with E-state index in [9.17, 15) is 8.42 Å². The van der Waals surface area contributed by atoms with Crippen LogP contribution in [0.15, 0.2) is 4.99 Å². The number of likely N-dealkylation sites (tertiary alicyclic amines) is 1. The summed E-state index contributed by atoms with van der Waals surface area (Å²) in [6, 6.07) is 0. The van der Waals surface area contributed by atoms with E-state index >= 15 is 0 Å². The Morgan fingerprint density at radius 3 is 2.61 bits per heavy atom. The zero-order valence-electron chi connectivity index (χ0n) is 14.8. The summed E-state index contributed by atoms with van der Waals surface area (Å²) in [5.74, 6) is 1.34. The van der Waals surface area contributed by atoms with Crippen LogP contribution in [-0.4, -0.2) is 71.0 Å². The van der Waals surface area contributed by atoms with Gasteiger partial charge in [0.05, 0.1) is 12.9 Å². The zero-order valence-corrected chi connectivity index (χ0v) is 17.9. The summed E-state index contributed by atoms with van der Waals surface area (Å²) in [7, 11) is -1.49. The Labute approximate surface area is 157 Å². The molecule has 0 saturated carbocycles. The van der Waals surface area contributed by atoms with Gasteiger partial charge in [-0.1, -0.05) is 0 Å². The van der Waals surface area contributed by atoms with Crippen LogP contribution in [-0.2, 0) is 14.8 Å². The molecule has 0 bridgehead atoms. The van der Waals surface area contributed by atoms with Crippen molar-refractivity contribution in [2.24, 2.45) is 10.9 Å². The van der Waals surface area contributed by atoms with Gasteiger partial charge in [0.1, 0.15) is 0 Å². The number of hydrogen-bond acceptors (Lipinski definition) is 4. The van der Waals surface area contributed by atoms with Crippen LogP contribution in [0.2, 0.25) is 0 Å². The highest BCUT2D eigenvalue weighted by atomic mass is 127. The lowest BCUT2D eigenvalue weighted by Crippen LogP contribution is -2.53. The average Bonchev–Trinajstić information content (AvgIpc) is 2.83. The van der Waals surface area contributed by atoms with Crippen molar-refractivity contribution in [2.45, 2.75) is 32.7 Å². The Hall–Kier alpha value is -0.130. The monoisotopic (exact) mass is 462 g/mol. The van der Waals surface area contributed by atoms with Crippen LogP contribution in [0.5, 0.6) is 0 Å². The number of guanidine groups is 1. The molecule has 0 aromatic carbocycles. The number of halogens is 1. The van der Waals surface area contributed by atoms with Gasteiger partial charge in [-0.3, -0.25) is 4.99 Å². The quantitative estimate of drug-likeness (QED) is 0.333. The number of sulfonamides is 1. The Balaban J connectivity index is 0.00000484. The predicted molar refractivity (Wildman–Crippen MR) is 105 cm³/mol. The first-order valence-electron chi connectivity index (χ1n) is 7.69. The van der Waals surface area contributed by atoms with Crippen LogP contribution < -0.4 is 10.0 Å². The molecule has 0 radical (unpaired) electrons. The van der Waals surface area contributed by atoms with E-state index < -0.39 is 15.6 Å². The van der Waals surface area contributed by atoms with Crippen LogP contribution in [0, 0.1) is 5.92 Å². The SMILES string of the molecule is CCOCC1CCN(C(=NC)NCC(C)(C)NS(C)(=O)=O)C1.I. The summed E-state index contributed by atoms with van der Waals surface area (Å²) in [5, 5.41) is 3.26. The van der Waals surface area contributed by atoms with E-state index in [1.807, 2.05) is 20.8 Å². The topological polar surface area (TPSA) is 83.0 Å². The fraction of sp³-hybridized carbons (Fsp3) is 0.929. The van der Waals surface area contributed by atoms with Crippen molar-refractivity contribution in [1.82, 2.24) is 14.9 Å². The van der Waals surface area contributed by atoms with Crippen molar-refractivity contribution in [3.05, 3.63) is 0 Å². The molecule has 1 unspecified atom stereocenters.